The molecule has 7 heteroatoms. The highest BCUT2D eigenvalue weighted by Gasteiger charge is 2.21. The summed E-state index contributed by atoms with van der Waals surface area (Å²) in [5.74, 6) is 1.46. The number of benzene rings is 1. The lowest BCUT2D eigenvalue weighted by Crippen LogP contribution is -2.26. The Hall–Kier alpha value is -2.80. The molecule has 0 unspecified atom stereocenters. The Labute approximate surface area is 155 Å². The van der Waals surface area contributed by atoms with Crippen molar-refractivity contribution in [1.82, 2.24) is 14.5 Å². The van der Waals surface area contributed by atoms with Crippen molar-refractivity contribution in [2.75, 3.05) is 13.8 Å². The largest absolute Gasteiger partial charge is 0.454 e. The van der Waals surface area contributed by atoms with Crippen LogP contribution >= 0.6 is 11.3 Å². The van der Waals surface area contributed by atoms with E-state index >= 15 is 0 Å². The molecule has 1 aromatic carbocycles. The monoisotopic (exact) mass is 369 g/mol. The molecule has 6 nitrogen and oxygen atoms in total. The molecule has 1 aliphatic rings. The van der Waals surface area contributed by atoms with Crippen molar-refractivity contribution in [3.63, 3.8) is 0 Å². The topological polar surface area (TPSA) is 56.6 Å². The minimum Gasteiger partial charge on any atom is -0.454 e. The first-order chi connectivity index (χ1) is 12.5. The third kappa shape index (κ3) is 2.84. The summed E-state index contributed by atoms with van der Waals surface area (Å²) in [7, 11) is 1.81. The van der Waals surface area contributed by atoms with Crippen LogP contribution in [0.1, 0.15) is 27.3 Å². The number of carbonyl (C=O) groups excluding carboxylic acids is 1. The van der Waals surface area contributed by atoms with Crippen molar-refractivity contribution in [3.05, 3.63) is 58.4 Å². The Balaban J connectivity index is 1.57. The van der Waals surface area contributed by atoms with E-state index < -0.39 is 0 Å². The molecule has 3 aromatic rings. The second-order valence-corrected chi connectivity index (χ2v) is 7.16. The maximum Gasteiger partial charge on any atom is 0.255 e. The first-order valence-electron chi connectivity index (χ1n) is 8.27. The summed E-state index contributed by atoms with van der Waals surface area (Å²) in [6.07, 6.45) is 1.77. The standard InChI is InChI=1S/C19H19N3O3S/c1-12-8-15(13(2)22(12)19-20-6-7-26-19)18(23)21(3)10-14-4-5-16-17(9-14)25-11-24-16/h4-9H,10-11H2,1-3H3. The minimum atomic E-state index is -0.0152. The van der Waals surface area contributed by atoms with Gasteiger partial charge in [-0.3, -0.25) is 9.36 Å². The molecule has 0 saturated heterocycles. The van der Waals surface area contributed by atoms with E-state index in [0.29, 0.717) is 12.1 Å². The van der Waals surface area contributed by atoms with E-state index in [1.807, 2.05) is 55.1 Å². The molecule has 0 bridgehead atoms. The Morgan fingerprint density at radius 3 is 2.85 bits per heavy atom. The van der Waals surface area contributed by atoms with Crippen molar-refractivity contribution in [3.8, 4) is 16.6 Å². The highest BCUT2D eigenvalue weighted by atomic mass is 32.1. The van der Waals surface area contributed by atoms with Crippen LogP contribution in [0.15, 0.2) is 35.8 Å². The van der Waals surface area contributed by atoms with Gasteiger partial charge < -0.3 is 14.4 Å². The van der Waals surface area contributed by atoms with Gasteiger partial charge in [-0.1, -0.05) is 6.07 Å². The summed E-state index contributed by atoms with van der Waals surface area (Å²) in [6.45, 7) is 4.69. The average Bonchev–Trinajstić information content (AvgIpc) is 3.34. The lowest BCUT2D eigenvalue weighted by Gasteiger charge is -2.17. The summed E-state index contributed by atoms with van der Waals surface area (Å²) in [6, 6.07) is 7.68. The normalized spacial score (nSPS) is 12.4. The van der Waals surface area contributed by atoms with Crippen LogP contribution in [-0.2, 0) is 6.54 Å². The van der Waals surface area contributed by atoms with Crippen LogP contribution in [0.3, 0.4) is 0 Å². The zero-order valence-corrected chi connectivity index (χ0v) is 15.7. The summed E-state index contributed by atoms with van der Waals surface area (Å²) in [5.41, 5.74) is 3.59. The Morgan fingerprint density at radius 2 is 2.08 bits per heavy atom. The van der Waals surface area contributed by atoms with Crippen molar-refractivity contribution in [1.29, 1.82) is 0 Å². The highest BCUT2D eigenvalue weighted by molar-refractivity contribution is 7.12. The Bertz CT molecular complexity index is 963. The van der Waals surface area contributed by atoms with Crippen LogP contribution in [-0.4, -0.2) is 34.2 Å². The quantitative estimate of drug-likeness (QED) is 0.706. The molecule has 0 radical (unpaired) electrons. The molecular formula is C19H19N3O3S. The second-order valence-electron chi connectivity index (χ2n) is 6.28. The van der Waals surface area contributed by atoms with Crippen molar-refractivity contribution >= 4 is 17.2 Å². The third-order valence-corrected chi connectivity index (χ3v) is 5.23. The van der Waals surface area contributed by atoms with Gasteiger partial charge in [0.1, 0.15) is 0 Å². The number of aryl methyl sites for hydroxylation is 1. The van der Waals surface area contributed by atoms with E-state index in [1.165, 1.54) is 0 Å². The van der Waals surface area contributed by atoms with Crippen LogP contribution in [0.5, 0.6) is 11.5 Å². The predicted octanol–water partition coefficient (Wildman–Crippen LogP) is 3.55. The van der Waals surface area contributed by atoms with Crippen LogP contribution in [0.2, 0.25) is 0 Å². The number of hydrogen-bond donors (Lipinski definition) is 0. The molecule has 3 heterocycles. The highest BCUT2D eigenvalue weighted by Crippen LogP contribution is 2.33. The molecule has 2 aromatic heterocycles. The second kappa shape index (κ2) is 6.49. The van der Waals surface area contributed by atoms with Crippen LogP contribution in [0, 0.1) is 13.8 Å². The van der Waals surface area contributed by atoms with Gasteiger partial charge >= 0.3 is 0 Å². The number of ether oxygens (including phenoxy) is 2. The molecule has 134 valence electrons. The lowest BCUT2D eigenvalue weighted by atomic mass is 10.1. The SMILES string of the molecule is Cc1cc(C(=O)N(C)Cc2ccc3c(c2)OCO3)c(C)n1-c1nccs1. The van der Waals surface area contributed by atoms with Gasteiger partial charge in [-0.25, -0.2) is 4.98 Å². The van der Waals surface area contributed by atoms with Gasteiger partial charge in [0.15, 0.2) is 16.6 Å². The van der Waals surface area contributed by atoms with E-state index in [1.54, 1.807) is 22.4 Å². The number of nitrogens with zero attached hydrogens (tertiary/aromatic N) is 3. The average molecular weight is 369 g/mol. The molecule has 0 fully saturated rings. The smallest absolute Gasteiger partial charge is 0.255 e. The molecular weight excluding hydrogens is 350 g/mol. The maximum atomic E-state index is 13.0. The molecule has 1 aliphatic heterocycles. The van der Waals surface area contributed by atoms with E-state index in [2.05, 4.69) is 4.98 Å². The minimum absolute atomic E-state index is 0.0152. The summed E-state index contributed by atoms with van der Waals surface area (Å²) >= 11 is 1.55. The van der Waals surface area contributed by atoms with E-state index in [-0.39, 0.29) is 12.7 Å². The van der Waals surface area contributed by atoms with E-state index in [4.69, 9.17) is 9.47 Å². The first kappa shape index (κ1) is 16.7. The molecule has 0 N–H and O–H groups in total. The van der Waals surface area contributed by atoms with Gasteiger partial charge in [-0.15, -0.1) is 11.3 Å². The fraction of sp³-hybridized carbons (Fsp3) is 0.263. The summed E-state index contributed by atoms with van der Waals surface area (Å²) in [4.78, 5) is 19.0. The number of carbonyl (C=O) groups is 1. The number of fused-ring (bicyclic) bond motifs is 1. The number of thiazole rings is 1. The zero-order valence-electron chi connectivity index (χ0n) is 14.9. The van der Waals surface area contributed by atoms with E-state index in [9.17, 15) is 4.79 Å². The van der Waals surface area contributed by atoms with Gasteiger partial charge in [0.05, 0.1) is 5.56 Å². The molecule has 1 amide bonds. The van der Waals surface area contributed by atoms with Crippen LogP contribution in [0.4, 0.5) is 0 Å². The molecule has 4 rings (SSSR count). The molecule has 0 atom stereocenters. The summed E-state index contributed by atoms with van der Waals surface area (Å²) < 4.78 is 12.8. The zero-order chi connectivity index (χ0) is 18.3. The van der Waals surface area contributed by atoms with E-state index in [0.717, 1.165) is 33.6 Å². The molecule has 0 saturated carbocycles. The number of hydrogen-bond acceptors (Lipinski definition) is 5. The predicted molar refractivity (Wildman–Crippen MR) is 99.3 cm³/mol. The lowest BCUT2D eigenvalue weighted by molar-refractivity contribution is 0.0784. The number of amides is 1. The molecule has 0 aliphatic carbocycles. The number of rotatable bonds is 4. The van der Waals surface area contributed by atoms with Gasteiger partial charge in [0.2, 0.25) is 6.79 Å². The molecule has 0 spiro atoms. The fourth-order valence-electron chi connectivity index (χ4n) is 3.19. The van der Waals surface area contributed by atoms with Gasteiger partial charge in [0.25, 0.3) is 5.91 Å². The molecule has 26 heavy (non-hydrogen) atoms. The van der Waals surface area contributed by atoms with Gasteiger partial charge in [0, 0.05) is 36.6 Å². The van der Waals surface area contributed by atoms with Crippen LogP contribution in [0.25, 0.3) is 5.13 Å². The summed E-state index contributed by atoms with van der Waals surface area (Å²) in [5, 5.41) is 2.80. The fourth-order valence-corrected chi connectivity index (χ4v) is 3.94. The van der Waals surface area contributed by atoms with Gasteiger partial charge in [-0.2, -0.15) is 0 Å². The number of aromatic nitrogens is 2. The van der Waals surface area contributed by atoms with Crippen molar-refractivity contribution in [2.45, 2.75) is 20.4 Å². The first-order valence-corrected chi connectivity index (χ1v) is 9.15. The van der Waals surface area contributed by atoms with Crippen molar-refractivity contribution in [2.24, 2.45) is 0 Å². The Morgan fingerprint density at radius 1 is 1.27 bits per heavy atom. The Kier molecular flexibility index (Phi) is 4.16. The van der Waals surface area contributed by atoms with Crippen molar-refractivity contribution < 1.29 is 14.3 Å². The van der Waals surface area contributed by atoms with Crippen LogP contribution < -0.4 is 9.47 Å². The van der Waals surface area contributed by atoms with Gasteiger partial charge in [-0.05, 0) is 37.6 Å². The maximum absolute atomic E-state index is 13.0. The third-order valence-electron chi connectivity index (χ3n) is 4.48.